The van der Waals surface area contributed by atoms with Crippen molar-refractivity contribution in [1.82, 2.24) is 10.6 Å². The Hall–Kier alpha value is -2.62. The van der Waals surface area contributed by atoms with Gasteiger partial charge in [0.05, 0.1) is 0 Å². The maximum absolute atomic E-state index is 12.0. The summed E-state index contributed by atoms with van der Waals surface area (Å²) < 4.78 is 0. The lowest BCUT2D eigenvalue weighted by atomic mass is 9.96. The molecule has 0 aliphatic carbocycles. The molecule has 0 heterocycles. The fourth-order valence-corrected chi connectivity index (χ4v) is 2.53. The van der Waals surface area contributed by atoms with E-state index in [1.54, 1.807) is 12.1 Å². The van der Waals surface area contributed by atoms with Gasteiger partial charge in [-0.15, -0.1) is 0 Å². The minimum Gasteiger partial charge on any atom is -0.355 e. The first-order valence-electron chi connectivity index (χ1n) is 8.35. The number of benzene rings is 2. The molecule has 0 spiro atoms. The summed E-state index contributed by atoms with van der Waals surface area (Å²) in [6, 6.07) is 19.2. The predicted octanol–water partition coefficient (Wildman–Crippen LogP) is 3.12. The quantitative estimate of drug-likeness (QED) is 0.784. The third kappa shape index (κ3) is 5.54. The van der Waals surface area contributed by atoms with Gasteiger partial charge in [0.1, 0.15) is 0 Å². The normalized spacial score (nSPS) is 11.5. The first kappa shape index (κ1) is 17.7. The molecule has 2 aromatic rings. The summed E-state index contributed by atoms with van der Waals surface area (Å²) in [5.41, 5.74) is 1.84. The second-order valence-electron chi connectivity index (χ2n) is 5.69. The molecule has 126 valence electrons. The van der Waals surface area contributed by atoms with Crippen LogP contribution in [0.25, 0.3) is 0 Å². The third-order valence-electron chi connectivity index (χ3n) is 3.98. The Balaban J connectivity index is 1.70. The Morgan fingerprint density at radius 1 is 0.917 bits per heavy atom. The van der Waals surface area contributed by atoms with E-state index in [-0.39, 0.29) is 18.2 Å². The van der Waals surface area contributed by atoms with Gasteiger partial charge >= 0.3 is 0 Å². The highest BCUT2D eigenvalue weighted by Crippen LogP contribution is 2.17. The van der Waals surface area contributed by atoms with E-state index in [4.69, 9.17) is 0 Å². The molecule has 0 saturated heterocycles. The SMILES string of the molecule is CCC(CNC(=O)CCNC(=O)c1ccccc1)c1ccccc1. The van der Waals surface area contributed by atoms with Crippen LogP contribution in [0.2, 0.25) is 0 Å². The van der Waals surface area contributed by atoms with E-state index in [0.29, 0.717) is 24.6 Å². The van der Waals surface area contributed by atoms with Crippen molar-refractivity contribution >= 4 is 11.8 Å². The number of carbonyl (C=O) groups excluding carboxylic acids is 2. The monoisotopic (exact) mass is 324 g/mol. The summed E-state index contributed by atoms with van der Waals surface area (Å²) in [4.78, 5) is 23.8. The second-order valence-corrected chi connectivity index (χ2v) is 5.69. The molecule has 2 rings (SSSR count). The molecule has 2 N–H and O–H groups in total. The molecule has 0 saturated carbocycles. The van der Waals surface area contributed by atoms with Gasteiger partial charge in [0.15, 0.2) is 0 Å². The van der Waals surface area contributed by atoms with Gasteiger partial charge in [-0.2, -0.15) is 0 Å². The molecule has 0 bridgehead atoms. The zero-order valence-corrected chi connectivity index (χ0v) is 14.0. The van der Waals surface area contributed by atoms with E-state index >= 15 is 0 Å². The summed E-state index contributed by atoms with van der Waals surface area (Å²) in [5, 5.41) is 5.72. The van der Waals surface area contributed by atoms with Crippen LogP contribution in [0.15, 0.2) is 60.7 Å². The maximum Gasteiger partial charge on any atom is 0.251 e. The molecule has 0 fully saturated rings. The summed E-state index contributed by atoms with van der Waals surface area (Å²) >= 11 is 0. The predicted molar refractivity (Wildman–Crippen MR) is 95.9 cm³/mol. The van der Waals surface area contributed by atoms with Gasteiger partial charge in [-0.3, -0.25) is 9.59 Å². The highest BCUT2D eigenvalue weighted by atomic mass is 16.2. The maximum atomic E-state index is 12.0. The minimum atomic E-state index is -0.154. The molecule has 2 aromatic carbocycles. The van der Waals surface area contributed by atoms with Gasteiger partial charge in [-0.1, -0.05) is 55.5 Å². The van der Waals surface area contributed by atoms with Crippen molar-refractivity contribution in [2.75, 3.05) is 13.1 Å². The van der Waals surface area contributed by atoms with Crippen LogP contribution in [-0.4, -0.2) is 24.9 Å². The van der Waals surface area contributed by atoms with E-state index < -0.39 is 0 Å². The van der Waals surface area contributed by atoms with Crippen molar-refractivity contribution in [1.29, 1.82) is 0 Å². The molecule has 0 aromatic heterocycles. The zero-order chi connectivity index (χ0) is 17.2. The number of carbonyl (C=O) groups is 2. The molecule has 24 heavy (non-hydrogen) atoms. The Morgan fingerprint density at radius 3 is 2.17 bits per heavy atom. The van der Waals surface area contributed by atoms with Crippen LogP contribution in [0, 0.1) is 0 Å². The van der Waals surface area contributed by atoms with Crippen molar-refractivity contribution in [2.24, 2.45) is 0 Å². The van der Waals surface area contributed by atoms with Gasteiger partial charge in [0.25, 0.3) is 5.91 Å². The average Bonchev–Trinajstić information content (AvgIpc) is 2.64. The van der Waals surface area contributed by atoms with Crippen LogP contribution in [-0.2, 0) is 4.79 Å². The lowest BCUT2D eigenvalue weighted by Crippen LogP contribution is -2.32. The highest BCUT2D eigenvalue weighted by Gasteiger charge is 2.11. The fourth-order valence-electron chi connectivity index (χ4n) is 2.53. The highest BCUT2D eigenvalue weighted by molar-refractivity contribution is 5.94. The molecule has 0 radical (unpaired) electrons. The van der Waals surface area contributed by atoms with Crippen molar-refractivity contribution in [3.05, 3.63) is 71.8 Å². The van der Waals surface area contributed by atoms with Crippen LogP contribution in [0.4, 0.5) is 0 Å². The zero-order valence-electron chi connectivity index (χ0n) is 14.0. The number of rotatable bonds is 8. The van der Waals surface area contributed by atoms with E-state index in [2.05, 4.69) is 29.7 Å². The van der Waals surface area contributed by atoms with Crippen molar-refractivity contribution in [3.63, 3.8) is 0 Å². The Morgan fingerprint density at radius 2 is 1.54 bits per heavy atom. The Bertz CT molecular complexity index is 641. The number of hydrogen-bond donors (Lipinski definition) is 2. The van der Waals surface area contributed by atoms with Gasteiger partial charge in [0, 0.05) is 31.0 Å². The molecule has 2 amide bonds. The van der Waals surface area contributed by atoms with Gasteiger partial charge < -0.3 is 10.6 Å². The van der Waals surface area contributed by atoms with Gasteiger partial charge in [0.2, 0.25) is 5.91 Å². The van der Waals surface area contributed by atoms with E-state index in [1.165, 1.54) is 5.56 Å². The second kappa shape index (κ2) is 9.50. The summed E-state index contributed by atoms with van der Waals surface area (Å²) in [6.45, 7) is 3.07. The molecule has 4 heteroatoms. The minimum absolute atomic E-state index is 0.0438. The largest absolute Gasteiger partial charge is 0.355 e. The van der Waals surface area contributed by atoms with Crippen molar-refractivity contribution < 1.29 is 9.59 Å². The molecule has 4 nitrogen and oxygen atoms in total. The van der Waals surface area contributed by atoms with Crippen LogP contribution in [0.5, 0.6) is 0 Å². The third-order valence-corrected chi connectivity index (χ3v) is 3.98. The van der Waals surface area contributed by atoms with Gasteiger partial charge in [-0.05, 0) is 24.1 Å². The van der Waals surface area contributed by atoms with Crippen LogP contribution in [0.1, 0.15) is 41.6 Å². The summed E-state index contributed by atoms with van der Waals surface area (Å²) in [6.07, 6.45) is 1.25. The van der Waals surface area contributed by atoms with E-state index in [0.717, 1.165) is 6.42 Å². The fraction of sp³-hybridized carbons (Fsp3) is 0.300. The topological polar surface area (TPSA) is 58.2 Å². The van der Waals surface area contributed by atoms with Crippen LogP contribution >= 0.6 is 0 Å². The van der Waals surface area contributed by atoms with Crippen LogP contribution < -0.4 is 10.6 Å². The molecule has 1 unspecified atom stereocenters. The first-order valence-corrected chi connectivity index (χ1v) is 8.35. The van der Waals surface area contributed by atoms with Crippen LogP contribution in [0.3, 0.4) is 0 Å². The average molecular weight is 324 g/mol. The standard InChI is InChI=1S/C20H24N2O2/c1-2-16(17-9-5-3-6-10-17)15-22-19(23)13-14-21-20(24)18-11-7-4-8-12-18/h3-12,16H,2,13-15H2,1H3,(H,21,24)(H,22,23). The Kier molecular flexibility index (Phi) is 7.02. The van der Waals surface area contributed by atoms with E-state index in [9.17, 15) is 9.59 Å². The molecular formula is C20H24N2O2. The van der Waals surface area contributed by atoms with Gasteiger partial charge in [-0.25, -0.2) is 0 Å². The molecule has 0 aliphatic heterocycles. The molecule has 1 atom stereocenters. The number of nitrogens with one attached hydrogen (secondary N) is 2. The first-order chi connectivity index (χ1) is 11.7. The number of amides is 2. The lowest BCUT2D eigenvalue weighted by Gasteiger charge is -2.16. The number of hydrogen-bond acceptors (Lipinski definition) is 2. The lowest BCUT2D eigenvalue weighted by molar-refractivity contribution is -0.121. The van der Waals surface area contributed by atoms with Crippen molar-refractivity contribution in [2.45, 2.75) is 25.7 Å². The summed E-state index contributed by atoms with van der Waals surface area (Å²) in [7, 11) is 0. The summed E-state index contributed by atoms with van der Waals surface area (Å²) in [5.74, 6) is 0.117. The molecule has 0 aliphatic rings. The Labute approximate surface area is 143 Å². The smallest absolute Gasteiger partial charge is 0.251 e. The van der Waals surface area contributed by atoms with Crippen molar-refractivity contribution in [3.8, 4) is 0 Å². The molecular weight excluding hydrogens is 300 g/mol. The van der Waals surface area contributed by atoms with E-state index in [1.807, 2.05) is 36.4 Å².